The van der Waals surface area contributed by atoms with Crippen molar-refractivity contribution < 1.29 is 4.74 Å². The molecule has 1 N–H and O–H groups in total. The van der Waals surface area contributed by atoms with Crippen LogP contribution in [0.5, 0.6) is 5.75 Å². The Morgan fingerprint density at radius 2 is 2.08 bits per heavy atom. The third kappa shape index (κ3) is 2.93. The van der Waals surface area contributed by atoms with Crippen molar-refractivity contribution in [1.82, 2.24) is 5.32 Å². The van der Waals surface area contributed by atoms with Gasteiger partial charge >= 0.3 is 0 Å². The van der Waals surface area contributed by atoms with Gasteiger partial charge in [0, 0.05) is 0 Å². The minimum Gasteiger partial charge on any atom is -0.492 e. The Labute approximate surface area is 71.6 Å². The zero-order valence-electron chi connectivity index (χ0n) is 6.66. The van der Waals surface area contributed by atoms with Crippen LogP contribution < -0.4 is 10.1 Å². The van der Waals surface area contributed by atoms with E-state index < -0.39 is 0 Å². The average Bonchev–Trinajstić information content (AvgIpc) is 2.14. The molecule has 62 valence electrons. The first-order valence-electron chi connectivity index (χ1n) is 3.73. The highest BCUT2D eigenvalue weighted by Gasteiger charge is 1.88. The van der Waals surface area contributed by atoms with Crippen molar-refractivity contribution in [2.75, 3.05) is 13.2 Å². The highest BCUT2D eigenvalue weighted by Crippen LogP contribution is 2.07. The van der Waals surface area contributed by atoms with Gasteiger partial charge in [-0.25, -0.2) is 0 Å². The molecule has 3 heteroatoms. The second-order valence-electron chi connectivity index (χ2n) is 2.20. The second kappa shape index (κ2) is 5.03. The van der Waals surface area contributed by atoms with Crippen molar-refractivity contribution in [1.29, 1.82) is 5.26 Å². The summed E-state index contributed by atoms with van der Waals surface area (Å²) in [7, 11) is 0. The van der Waals surface area contributed by atoms with Crippen LogP contribution >= 0.6 is 0 Å². The summed E-state index contributed by atoms with van der Waals surface area (Å²) in [5.41, 5.74) is 0. The van der Waals surface area contributed by atoms with E-state index in [1.165, 1.54) is 0 Å². The molecule has 1 aromatic carbocycles. The summed E-state index contributed by atoms with van der Waals surface area (Å²) in [5.74, 6) is 0.831. The van der Waals surface area contributed by atoms with Crippen LogP contribution in [0.3, 0.4) is 0 Å². The fraction of sp³-hybridized carbons (Fsp3) is 0.222. The molecule has 0 aromatic heterocycles. The van der Waals surface area contributed by atoms with Crippen molar-refractivity contribution in [3.63, 3.8) is 0 Å². The van der Waals surface area contributed by atoms with Crippen LogP contribution in [0.1, 0.15) is 0 Å². The standard InChI is InChI=1S/C9H10N2O/c10-8-11-6-7-12-9-4-2-1-3-5-9/h1-5,11H,6-7H2. The first-order valence-corrected chi connectivity index (χ1v) is 3.73. The van der Waals surface area contributed by atoms with E-state index in [0.29, 0.717) is 13.2 Å². The molecule has 0 heterocycles. The fourth-order valence-corrected chi connectivity index (χ4v) is 0.793. The Morgan fingerprint density at radius 1 is 1.33 bits per heavy atom. The maximum Gasteiger partial charge on any atom is 0.176 e. The molecule has 0 fully saturated rings. The smallest absolute Gasteiger partial charge is 0.176 e. The van der Waals surface area contributed by atoms with Gasteiger partial charge in [0.1, 0.15) is 12.4 Å². The number of hydrogen-bond acceptors (Lipinski definition) is 3. The van der Waals surface area contributed by atoms with E-state index in [1.54, 1.807) is 0 Å². The Hall–Kier alpha value is -1.69. The van der Waals surface area contributed by atoms with E-state index in [4.69, 9.17) is 10.00 Å². The molecule has 0 saturated heterocycles. The lowest BCUT2D eigenvalue weighted by molar-refractivity contribution is 0.321. The largest absolute Gasteiger partial charge is 0.492 e. The van der Waals surface area contributed by atoms with Crippen LogP contribution in [0.2, 0.25) is 0 Å². The summed E-state index contributed by atoms with van der Waals surface area (Å²) in [6.45, 7) is 1.06. The van der Waals surface area contributed by atoms with Crippen LogP contribution in [0, 0.1) is 11.5 Å². The molecule has 0 bridgehead atoms. The molecule has 3 nitrogen and oxygen atoms in total. The van der Waals surface area contributed by atoms with Crippen molar-refractivity contribution >= 4 is 0 Å². The third-order valence-electron chi connectivity index (χ3n) is 1.32. The lowest BCUT2D eigenvalue weighted by Crippen LogP contribution is -2.15. The fourth-order valence-electron chi connectivity index (χ4n) is 0.793. The van der Waals surface area contributed by atoms with Crippen LogP contribution in [0.15, 0.2) is 30.3 Å². The average molecular weight is 162 g/mol. The Kier molecular flexibility index (Phi) is 3.52. The molecule has 0 amide bonds. The van der Waals surface area contributed by atoms with E-state index in [2.05, 4.69) is 5.32 Å². The van der Waals surface area contributed by atoms with E-state index in [9.17, 15) is 0 Å². The highest BCUT2D eigenvalue weighted by atomic mass is 16.5. The molecule has 1 aromatic rings. The van der Waals surface area contributed by atoms with Crippen LogP contribution in [-0.2, 0) is 0 Å². The molecular formula is C9H10N2O. The molecular weight excluding hydrogens is 152 g/mol. The van der Waals surface area contributed by atoms with Gasteiger partial charge in [-0.15, -0.1) is 0 Å². The van der Waals surface area contributed by atoms with Gasteiger partial charge in [-0.3, -0.25) is 0 Å². The molecule has 12 heavy (non-hydrogen) atoms. The molecule has 0 radical (unpaired) electrons. The van der Waals surface area contributed by atoms with Gasteiger partial charge in [-0.2, -0.15) is 5.26 Å². The summed E-state index contributed by atoms with van der Waals surface area (Å²) >= 11 is 0. The van der Waals surface area contributed by atoms with Crippen molar-refractivity contribution in [2.24, 2.45) is 0 Å². The topological polar surface area (TPSA) is 45.0 Å². The number of hydrogen-bond donors (Lipinski definition) is 1. The number of benzene rings is 1. The zero-order chi connectivity index (χ0) is 8.65. The quantitative estimate of drug-likeness (QED) is 0.410. The van der Waals surface area contributed by atoms with Crippen LogP contribution in [0.4, 0.5) is 0 Å². The summed E-state index contributed by atoms with van der Waals surface area (Å²) in [6, 6.07) is 9.51. The Bertz CT molecular complexity index is 253. The lowest BCUT2D eigenvalue weighted by Gasteiger charge is -2.03. The maximum atomic E-state index is 8.15. The van der Waals surface area contributed by atoms with Crippen LogP contribution in [-0.4, -0.2) is 13.2 Å². The van der Waals surface area contributed by atoms with Gasteiger partial charge < -0.3 is 10.1 Å². The van der Waals surface area contributed by atoms with Gasteiger partial charge in [0.15, 0.2) is 6.19 Å². The SMILES string of the molecule is N#CNCCOc1ccccc1. The van der Waals surface area contributed by atoms with Crippen molar-refractivity contribution in [2.45, 2.75) is 0 Å². The van der Waals surface area contributed by atoms with E-state index in [0.717, 1.165) is 5.75 Å². The number of para-hydroxylation sites is 1. The number of nitriles is 1. The third-order valence-corrected chi connectivity index (χ3v) is 1.32. The number of nitrogens with one attached hydrogen (secondary N) is 1. The minimum atomic E-state index is 0.511. The van der Waals surface area contributed by atoms with Gasteiger partial charge in [0.2, 0.25) is 0 Å². The molecule has 0 saturated carbocycles. The predicted octanol–water partition coefficient (Wildman–Crippen LogP) is 1.14. The molecule has 0 spiro atoms. The maximum absolute atomic E-state index is 8.15. The summed E-state index contributed by atoms with van der Waals surface area (Å²) in [4.78, 5) is 0. The molecule has 0 aliphatic heterocycles. The van der Waals surface area contributed by atoms with Crippen LogP contribution in [0.25, 0.3) is 0 Å². The number of rotatable bonds is 4. The molecule has 0 aliphatic carbocycles. The summed E-state index contributed by atoms with van der Waals surface area (Å²) < 4.78 is 5.29. The zero-order valence-corrected chi connectivity index (χ0v) is 6.66. The number of ether oxygens (including phenoxy) is 1. The minimum absolute atomic E-state index is 0.511. The van der Waals surface area contributed by atoms with E-state index in [-0.39, 0.29) is 0 Å². The first kappa shape index (κ1) is 8.41. The molecule has 1 rings (SSSR count). The lowest BCUT2D eigenvalue weighted by atomic mass is 10.3. The Morgan fingerprint density at radius 3 is 2.75 bits per heavy atom. The van der Waals surface area contributed by atoms with Gasteiger partial charge in [-0.05, 0) is 12.1 Å². The van der Waals surface area contributed by atoms with Gasteiger partial charge in [0.25, 0.3) is 0 Å². The summed E-state index contributed by atoms with van der Waals surface area (Å²) in [5, 5.41) is 10.6. The normalized spacial score (nSPS) is 8.58. The second-order valence-corrected chi connectivity index (χ2v) is 2.20. The molecule has 0 aliphatic rings. The van der Waals surface area contributed by atoms with E-state index >= 15 is 0 Å². The van der Waals surface area contributed by atoms with E-state index in [1.807, 2.05) is 36.5 Å². The van der Waals surface area contributed by atoms with Crippen molar-refractivity contribution in [3.05, 3.63) is 30.3 Å². The van der Waals surface area contributed by atoms with Crippen molar-refractivity contribution in [3.8, 4) is 11.9 Å². The number of nitrogens with zero attached hydrogens (tertiary/aromatic N) is 1. The Balaban J connectivity index is 2.21. The monoisotopic (exact) mass is 162 g/mol. The highest BCUT2D eigenvalue weighted by molar-refractivity contribution is 5.20. The molecule has 0 atom stereocenters. The van der Waals surface area contributed by atoms with Gasteiger partial charge in [0.05, 0.1) is 6.54 Å². The molecule has 0 unspecified atom stereocenters. The predicted molar refractivity (Wildman–Crippen MR) is 45.6 cm³/mol. The summed E-state index contributed by atoms with van der Waals surface area (Å²) in [6.07, 6.45) is 1.82. The van der Waals surface area contributed by atoms with Gasteiger partial charge in [-0.1, -0.05) is 18.2 Å². The first-order chi connectivity index (χ1) is 5.93.